The summed E-state index contributed by atoms with van der Waals surface area (Å²) >= 11 is 0. The van der Waals surface area contributed by atoms with Gasteiger partial charge in [-0.3, -0.25) is 4.79 Å². The van der Waals surface area contributed by atoms with E-state index in [4.69, 9.17) is 0 Å². The molecule has 1 rings (SSSR count). The first-order valence-corrected chi connectivity index (χ1v) is 8.56. The highest BCUT2D eigenvalue weighted by Gasteiger charge is 2.38. The van der Waals surface area contributed by atoms with Crippen molar-refractivity contribution >= 4 is 5.91 Å². The topological polar surface area (TPSA) is 44.4 Å². The fourth-order valence-electron chi connectivity index (χ4n) is 3.39. The Bertz CT molecular complexity index is 304. The Labute approximate surface area is 131 Å². The Hall–Kier alpha value is -0.610. The quantitative estimate of drug-likeness (QED) is 0.722. The number of hydrogen-bond donors (Lipinski definition) is 2. The molecular formula is C17H35N3O. The summed E-state index contributed by atoms with van der Waals surface area (Å²) in [5.41, 5.74) is -0.130. The Kier molecular flexibility index (Phi) is 7.67. The van der Waals surface area contributed by atoms with Gasteiger partial charge in [0.25, 0.3) is 0 Å². The number of amides is 1. The highest BCUT2D eigenvalue weighted by molar-refractivity contribution is 5.82. The number of likely N-dealkylation sites (N-methyl/N-ethyl adjacent to an activating group) is 1. The van der Waals surface area contributed by atoms with Gasteiger partial charge in [0.1, 0.15) is 0 Å². The molecule has 0 aliphatic carbocycles. The smallest absolute Gasteiger partial charge is 0.226 e. The molecule has 124 valence electrons. The molecule has 4 nitrogen and oxygen atoms in total. The number of piperidine rings is 1. The van der Waals surface area contributed by atoms with Gasteiger partial charge in [-0.15, -0.1) is 0 Å². The fraction of sp³-hybridized carbons (Fsp3) is 0.941. The summed E-state index contributed by atoms with van der Waals surface area (Å²) in [7, 11) is 4.21. The van der Waals surface area contributed by atoms with Crippen molar-refractivity contribution in [3.63, 3.8) is 0 Å². The maximum absolute atomic E-state index is 12.8. The van der Waals surface area contributed by atoms with Crippen LogP contribution in [-0.2, 0) is 4.79 Å². The first-order valence-electron chi connectivity index (χ1n) is 8.56. The van der Waals surface area contributed by atoms with E-state index in [1.807, 2.05) is 0 Å². The minimum Gasteiger partial charge on any atom is -0.354 e. The van der Waals surface area contributed by atoms with E-state index < -0.39 is 0 Å². The SMILES string of the molecule is CCCC1(C(=O)NCC(CC(C)C)N(C)C)CCNCC1. The van der Waals surface area contributed by atoms with E-state index in [1.54, 1.807) is 0 Å². The molecule has 21 heavy (non-hydrogen) atoms. The summed E-state index contributed by atoms with van der Waals surface area (Å²) in [5.74, 6) is 0.930. The molecule has 1 atom stereocenters. The zero-order valence-electron chi connectivity index (χ0n) is 14.7. The second-order valence-corrected chi connectivity index (χ2v) is 7.24. The van der Waals surface area contributed by atoms with Crippen molar-refractivity contribution in [1.29, 1.82) is 0 Å². The molecule has 0 radical (unpaired) electrons. The molecular weight excluding hydrogens is 262 g/mol. The maximum Gasteiger partial charge on any atom is 0.226 e. The zero-order valence-corrected chi connectivity index (χ0v) is 14.7. The summed E-state index contributed by atoms with van der Waals surface area (Å²) in [6, 6.07) is 0.425. The van der Waals surface area contributed by atoms with E-state index in [1.165, 1.54) is 0 Å². The molecule has 1 saturated heterocycles. The van der Waals surface area contributed by atoms with Gasteiger partial charge in [0, 0.05) is 12.6 Å². The Balaban J connectivity index is 2.59. The number of carbonyl (C=O) groups excluding carboxylic acids is 1. The predicted molar refractivity (Wildman–Crippen MR) is 89.4 cm³/mol. The van der Waals surface area contributed by atoms with Gasteiger partial charge in [-0.25, -0.2) is 0 Å². The van der Waals surface area contributed by atoms with Crippen molar-refractivity contribution in [3.8, 4) is 0 Å². The van der Waals surface area contributed by atoms with Crippen molar-refractivity contribution in [2.24, 2.45) is 11.3 Å². The highest BCUT2D eigenvalue weighted by Crippen LogP contribution is 2.34. The molecule has 0 aromatic heterocycles. The Morgan fingerprint density at radius 1 is 1.29 bits per heavy atom. The van der Waals surface area contributed by atoms with Gasteiger partial charge in [0.15, 0.2) is 0 Å². The van der Waals surface area contributed by atoms with Crippen LogP contribution in [0, 0.1) is 11.3 Å². The van der Waals surface area contributed by atoms with Crippen LogP contribution in [0.25, 0.3) is 0 Å². The lowest BCUT2D eigenvalue weighted by atomic mass is 9.74. The van der Waals surface area contributed by atoms with E-state index in [2.05, 4.69) is 50.4 Å². The lowest BCUT2D eigenvalue weighted by Gasteiger charge is -2.37. The molecule has 4 heteroatoms. The van der Waals surface area contributed by atoms with Gasteiger partial charge in [0.2, 0.25) is 5.91 Å². The molecule has 1 unspecified atom stereocenters. The molecule has 0 spiro atoms. The summed E-state index contributed by atoms with van der Waals surface area (Å²) in [5, 5.41) is 6.63. The Morgan fingerprint density at radius 2 is 1.90 bits per heavy atom. The number of nitrogens with zero attached hydrogens (tertiary/aromatic N) is 1. The molecule has 0 aromatic rings. The van der Waals surface area contributed by atoms with Gasteiger partial charge in [-0.1, -0.05) is 27.2 Å². The van der Waals surface area contributed by atoms with Crippen molar-refractivity contribution < 1.29 is 4.79 Å². The van der Waals surface area contributed by atoms with E-state index in [-0.39, 0.29) is 11.3 Å². The third-order valence-corrected chi connectivity index (χ3v) is 4.74. The van der Waals surface area contributed by atoms with Crippen LogP contribution in [0.4, 0.5) is 0 Å². The summed E-state index contributed by atoms with van der Waals surface area (Å²) in [6.45, 7) is 9.36. The molecule has 0 bridgehead atoms. The van der Waals surface area contributed by atoms with Gasteiger partial charge in [0.05, 0.1) is 5.41 Å². The van der Waals surface area contributed by atoms with Gasteiger partial charge >= 0.3 is 0 Å². The summed E-state index contributed by atoms with van der Waals surface area (Å²) in [6.07, 6.45) is 5.16. The van der Waals surface area contributed by atoms with Crippen LogP contribution in [0.2, 0.25) is 0 Å². The minimum absolute atomic E-state index is 0.130. The standard InChI is InChI=1S/C17H35N3O/c1-6-7-17(8-10-18-11-9-17)16(21)19-13-15(20(4)5)12-14(2)3/h14-15,18H,6-13H2,1-5H3,(H,19,21). The lowest BCUT2D eigenvalue weighted by Crippen LogP contribution is -2.50. The van der Waals surface area contributed by atoms with Gasteiger partial charge in [-0.05, 0) is 58.8 Å². The average Bonchev–Trinajstić information content (AvgIpc) is 2.43. The van der Waals surface area contributed by atoms with Crippen LogP contribution >= 0.6 is 0 Å². The third kappa shape index (κ3) is 5.59. The average molecular weight is 297 g/mol. The number of nitrogens with one attached hydrogen (secondary N) is 2. The van der Waals surface area contributed by atoms with Crippen LogP contribution in [0.5, 0.6) is 0 Å². The summed E-state index contributed by atoms with van der Waals surface area (Å²) < 4.78 is 0. The lowest BCUT2D eigenvalue weighted by molar-refractivity contribution is -0.133. The van der Waals surface area contributed by atoms with Gasteiger partial charge < -0.3 is 15.5 Å². The van der Waals surface area contributed by atoms with Crippen molar-refractivity contribution in [2.75, 3.05) is 33.7 Å². The van der Waals surface area contributed by atoms with E-state index in [0.29, 0.717) is 12.0 Å². The Morgan fingerprint density at radius 3 is 2.38 bits per heavy atom. The van der Waals surface area contributed by atoms with Crippen LogP contribution in [0.1, 0.15) is 52.9 Å². The predicted octanol–water partition coefficient (Wildman–Crippen LogP) is 2.25. The second-order valence-electron chi connectivity index (χ2n) is 7.24. The zero-order chi connectivity index (χ0) is 15.9. The van der Waals surface area contributed by atoms with Crippen LogP contribution in [0.3, 0.4) is 0 Å². The number of carbonyl (C=O) groups is 1. The van der Waals surface area contributed by atoms with Crippen molar-refractivity contribution in [3.05, 3.63) is 0 Å². The third-order valence-electron chi connectivity index (χ3n) is 4.74. The van der Waals surface area contributed by atoms with Crippen LogP contribution in [0.15, 0.2) is 0 Å². The van der Waals surface area contributed by atoms with E-state index >= 15 is 0 Å². The maximum atomic E-state index is 12.8. The van der Waals surface area contributed by atoms with Crippen LogP contribution < -0.4 is 10.6 Å². The molecule has 0 saturated carbocycles. The van der Waals surface area contributed by atoms with Crippen molar-refractivity contribution in [2.45, 2.75) is 58.9 Å². The molecule has 1 heterocycles. The molecule has 0 aromatic carbocycles. The normalized spacial score (nSPS) is 19.8. The molecule has 1 aliphatic heterocycles. The van der Waals surface area contributed by atoms with E-state index in [0.717, 1.165) is 51.7 Å². The number of hydrogen-bond acceptors (Lipinski definition) is 3. The first kappa shape index (κ1) is 18.4. The highest BCUT2D eigenvalue weighted by atomic mass is 16.2. The summed E-state index contributed by atoms with van der Waals surface area (Å²) in [4.78, 5) is 15.0. The van der Waals surface area contributed by atoms with Crippen LogP contribution in [-0.4, -0.2) is 50.6 Å². The minimum atomic E-state index is -0.130. The second kappa shape index (κ2) is 8.74. The molecule has 1 amide bonds. The molecule has 1 fully saturated rings. The largest absolute Gasteiger partial charge is 0.354 e. The molecule has 1 aliphatic rings. The number of rotatable bonds is 8. The molecule has 2 N–H and O–H groups in total. The monoisotopic (exact) mass is 297 g/mol. The first-order chi connectivity index (χ1) is 9.91. The van der Waals surface area contributed by atoms with Gasteiger partial charge in [-0.2, -0.15) is 0 Å². The fourth-order valence-corrected chi connectivity index (χ4v) is 3.39. The van der Waals surface area contributed by atoms with E-state index in [9.17, 15) is 4.79 Å². The van der Waals surface area contributed by atoms with Crippen molar-refractivity contribution in [1.82, 2.24) is 15.5 Å².